The minimum absolute atomic E-state index is 0.824. The summed E-state index contributed by atoms with van der Waals surface area (Å²) in [6, 6.07) is 0. The minimum Gasteiger partial charge on any atom is -0.404 e. The smallest absolute Gasteiger partial charge is 0.0856 e. The van der Waals surface area contributed by atoms with Crippen LogP contribution in [0.5, 0.6) is 0 Å². The van der Waals surface area contributed by atoms with Gasteiger partial charge >= 0.3 is 0 Å². The molecule has 10 heavy (non-hydrogen) atoms. The summed E-state index contributed by atoms with van der Waals surface area (Å²) >= 11 is 0. The average molecular weight is 135 g/mol. The monoisotopic (exact) mass is 135 g/mol. The first kappa shape index (κ1) is 6.74. The highest BCUT2D eigenvalue weighted by Crippen LogP contribution is 2.04. The summed E-state index contributed by atoms with van der Waals surface area (Å²) in [5.41, 5.74) is 7.04. The molecule has 3 heteroatoms. The largest absolute Gasteiger partial charge is 0.404 e. The van der Waals surface area contributed by atoms with Gasteiger partial charge in [-0.1, -0.05) is 0 Å². The standard InChI is InChI=1S/C7H9N3/c1-6(4-8)7-5-9-2-3-10-7/h2-5H,8H2,1H3. The molecule has 0 unspecified atom stereocenters. The van der Waals surface area contributed by atoms with E-state index < -0.39 is 0 Å². The maximum absolute atomic E-state index is 5.27. The van der Waals surface area contributed by atoms with Crippen molar-refractivity contribution in [3.63, 3.8) is 0 Å². The van der Waals surface area contributed by atoms with Crippen LogP contribution in [-0.4, -0.2) is 9.97 Å². The topological polar surface area (TPSA) is 51.8 Å². The van der Waals surface area contributed by atoms with E-state index in [9.17, 15) is 0 Å². The van der Waals surface area contributed by atoms with Crippen molar-refractivity contribution in [2.24, 2.45) is 5.73 Å². The molecule has 1 heterocycles. The van der Waals surface area contributed by atoms with E-state index in [-0.39, 0.29) is 0 Å². The second-order valence-corrected chi connectivity index (χ2v) is 1.94. The van der Waals surface area contributed by atoms with Gasteiger partial charge in [0.25, 0.3) is 0 Å². The van der Waals surface area contributed by atoms with Crippen LogP contribution in [0.1, 0.15) is 12.6 Å². The van der Waals surface area contributed by atoms with Crippen molar-refractivity contribution in [2.75, 3.05) is 0 Å². The lowest BCUT2D eigenvalue weighted by molar-refractivity contribution is 1.16. The predicted octanol–water partition coefficient (Wildman–Crippen LogP) is 0.796. The van der Waals surface area contributed by atoms with Crippen molar-refractivity contribution < 1.29 is 0 Å². The maximum atomic E-state index is 5.27. The van der Waals surface area contributed by atoms with Crippen LogP contribution in [0.2, 0.25) is 0 Å². The Morgan fingerprint density at radius 2 is 2.40 bits per heavy atom. The molecule has 0 amide bonds. The first-order valence-electron chi connectivity index (χ1n) is 2.99. The lowest BCUT2D eigenvalue weighted by atomic mass is 10.2. The minimum atomic E-state index is 0.824. The van der Waals surface area contributed by atoms with Crippen molar-refractivity contribution >= 4 is 5.57 Å². The molecular weight excluding hydrogens is 126 g/mol. The van der Waals surface area contributed by atoms with Crippen molar-refractivity contribution in [1.29, 1.82) is 0 Å². The Balaban J connectivity index is 2.96. The van der Waals surface area contributed by atoms with Crippen LogP contribution in [0.3, 0.4) is 0 Å². The highest BCUT2D eigenvalue weighted by atomic mass is 14.8. The van der Waals surface area contributed by atoms with Crippen LogP contribution in [0, 0.1) is 0 Å². The van der Waals surface area contributed by atoms with E-state index in [0.29, 0.717) is 0 Å². The zero-order chi connectivity index (χ0) is 7.40. The van der Waals surface area contributed by atoms with Crippen LogP contribution in [-0.2, 0) is 0 Å². The number of aromatic nitrogens is 2. The molecule has 52 valence electrons. The van der Waals surface area contributed by atoms with E-state index in [2.05, 4.69) is 9.97 Å². The zero-order valence-electron chi connectivity index (χ0n) is 5.78. The van der Waals surface area contributed by atoms with Gasteiger partial charge in [-0.2, -0.15) is 0 Å². The van der Waals surface area contributed by atoms with E-state index in [1.807, 2.05) is 6.92 Å². The van der Waals surface area contributed by atoms with Crippen LogP contribution in [0.4, 0.5) is 0 Å². The van der Waals surface area contributed by atoms with Gasteiger partial charge in [0, 0.05) is 12.4 Å². The Bertz CT molecular complexity index is 228. The Labute approximate surface area is 59.6 Å². The summed E-state index contributed by atoms with van der Waals surface area (Å²) < 4.78 is 0. The highest BCUT2D eigenvalue weighted by molar-refractivity contribution is 5.58. The first-order valence-corrected chi connectivity index (χ1v) is 2.99. The molecule has 0 fully saturated rings. The molecule has 3 nitrogen and oxygen atoms in total. The normalized spacial score (nSPS) is 11.5. The van der Waals surface area contributed by atoms with Gasteiger partial charge in [0.15, 0.2) is 0 Å². The van der Waals surface area contributed by atoms with E-state index in [0.717, 1.165) is 11.3 Å². The zero-order valence-corrected chi connectivity index (χ0v) is 5.78. The summed E-state index contributed by atoms with van der Waals surface area (Å²) in [5, 5.41) is 0. The van der Waals surface area contributed by atoms with Crippen molar-refractivity contribution in [3.05, 3.63) is 30.5 Å². The summed E-state index contributed by atoms with van der Waals surface area (Å²) in [6.45, 7) is 1.89. The van der Waals surface area contributed by atoms with E-state index in [1.54, 1.807) is 18.6 Å². The van der Waals surface area contributed by atoms with Crippen LogP contribution in [0.25, 0.3) is 5.57 Å². The molecule has 1 aromatic rings. The third kappa shape index (κ3) is 1.31. The molecule has 0 aliphatic rings. The van der Waals surface area contributed by atoms with Gasteiger partial charge in [0.2, 0.25) is 0 Å². The lowest BCUT2D eigenvalue weighted by Gasteiger charge is -1.94. The molecule has 1 rings (SSSR count). The molecule has 1 aromatic heterocycles. The molecule has 0 aromatic carbocycles. The maximum Gasteiger partial charge on any atom is 0.0856 e. The quantitative estimate of drug-likeness (QED) is 0.619. The van der Waals surface area contributed by atoms with Crippen LogP contribution in [0.15, 0.2) is 24.8 Å². The molecule has 0 aliphatic heterocycles. The lowest BCUT2D eigenvalue weighted by Crippen LogP contribution is -1.89. The summed E-state index contributed by atoms with van der Waals surface area (Å²) in [6.07, 6.45) is 6.47. The number of hydrogen-bond acceptors (Lipinski definition) is 3. The number of allylic oxidation sites excluding steroid dienone is 1. The predicted molar refractivity (Wildman–Crippen MR) is 39.9 cm³/mol. The third-order valence-electron chi connectivity index (χ3n) is 1.22. The van der Waals surface area contributed by atoms with Crippen LogP contribution < -0.4 is 5.73 Å². The Morgan fingerprint density at radius 3 is 2.90 bits per heavy atom. The summed E-state index contributed by atoms with van der Waals surface area (Å²) in [7, 11) is 0. The van der Waals surface area contributed by atoms with Crippen molar-refractivity contribution in [3.8, 4) is 0 Å². The fourth-order valence-electron chi connectivity index (χ4n) is 0.588. The van der Waals surface area contributed by atoms with E-state index in [1.165, 1.54) is 6.20 Å². The third-order valence-corrected chi connectivity index (χ3v) is 1.22. The molecule has 0 radical (unpaired) electrons. The molecule has 0 bridgehead atoms. The van der Waals surface area contributed by atoms with Gasteiger partial charge in [-0.25, -0.2) is 0 Å². The van der Waals surface area contributed by atoms with Gasteiger partial charge in [-0.3, -0.25) is 9.97 Å². The molecule has 0 spiro atoms. The Kier molecular flexibility index (Phi) is 1.99. The first-order chi connectivity index (χ1) is 4.84. The second kappa shape index (κ2) is 2.96. The number of nitrogens with zero attached hydrogens (tertiary/aromatic N) is 2. The SMILES string of the molecule is CC(=CN)c1cnccn1. The molecule has 0 saturated heterocycles. The Hall–Kier alpha value is -1.38. The van der Waals surface area contributed by atoms with Gasteiger partial charge in [-0.05, 0) is 18.7 Å². The summed E-state index contributed by atoms with van der Waals surface area (Å²) in [5.74, 6) is 0. The molecule has 0 aliphatic carbocycles. The second-order valence-electron chi connectivity index (χ2n) is 1.94. The van der Waals surface area contributed by atoms with E-state index in [4.69, 9.17) is 5.73 Å². The molecule has 0 saturated carbocycles. The number of rotatable bonds is 1. The highest BCUT2D eigenvalue weighted by Gasteiger charge is 1.92. The van der Waals surface area contributed by atoms with Crippen LogP contribution >= 0.6 is 0 Å². The van der Waals surface area contributed by atoms with Gasteiger partial charge in [-0.15, -0.1) is 0 Å². The number of hydrogen-bond donors (Lipinski definition) is 1. The van der Waals surface area contributed by atoms with Crippen molar-refractivity contribution in [2.45, 2.75) is 6.92 Å². The van der Waals surface area contributed by atoms with E-state index >= 15 is 0 Å². The average Bonchev–Trinajstić information content (AvgIpc) is 2.05. The fourth-order valence-corrected chi connectivity index (χ4v) is 0.588. The van der Waals surface area contributed by atoms with Crippen molar-refractivity contribution in [1.82, 2.24) is 9.97 Å². The number of nitrogens with two attached hydrogens (primary N) is 1. The van der Waals surface area contributed by atoms with Gasteiger partial charge < -0.3 is 5.73 Å². The molecule has 0 atom stereocenters. The van der Waals surface area contributed by atoms with Gasteiger partial charge in [0.1, 0.15) is 0 Å². The molecule has 2 N–H and O–H groups in total. The fraction of sp³-hybridized carbons (Fsp3) is 0.143. The molecular formula is C7H9N3. The summed E-state index contributed by atoms with van der Waals surface area (Å²) in [4.78, 5) is 7.93. The van der Waals surface area contributed by atoms with Gasteiger partial charge in [0.05, 0.1) is 11.9 Å². The Morgan fingerprint density at radius 1 is 1.60 bits per heavy atom.